The van der Waals surface area contributed by atoms with Gasteiger partial charge in [0, 0.05) is 6.20 Å². The van der Waals surface area contributed by atoms with Crippen LogP contribution in [0.5, 0.6) is 0 Å². The van der Waals surface area contributed by atoms with Gasteiger partial charge in [-0.1, -0.05) is 6.07 Å². The van der Waals surface area contributed by atoms with Crippen molar-refractivity contribution in [3.63, 3.8) is 0 Å². The molecule has 6 heteroatoms. The first-order chi connectivity index (χ1) is 8.50. The fraction of sp³-hybridized carbons (Fsp3) is 0.0833. The maximum Gasteiger partial charge on any atom is 0.251 e. The summed E-state index contributed by atoms with van der Waals surface area (Å²) >= 11 is 0. The average Bonchev–Trinajstić information content (AvgIpc) is 2.77. The number of nitrogens with zero attached hydrogens (tertiary/aromatic N) is 2. The largest absolute Gasteiger partial charge is 0.366 e. The molecule has 0 spiro atoms. The fourth-order valence-corrected chi connectivity index (χ4v) is 1.63. The molecule has 0 bridgehead atoms. The SMILES string of the molecule is CC(=O)c1c(F)cccc1-n1cc(C(N)=O)cn1. The number of benzene rings is 1. The van der Waals surface area contributed by atoms with Crippen molar-refractivity contribution in [3.8, 4) is 5.69 Å². The molecule has 0 aliphatic carbocycles. The summed E-state index contributed by atoms with van der Waals surface area (Å²) in [5, 5.41) is 3.89. The fourth-order valence-electron chi connectivity index (χ4n) is 1.63. The first-order valence-electron chi connectivity index (χ1n) is 5.15. The summed E-state index contributed by atoms with van der Waals surface area (Å²) in [4.78, 5) is 22.4. The van der Waals surface area contributed by atoms with Gasteiger partial charge in [-0.15, -0.1) is 0 Å². The highest BCUT2D eigenvalue weighted by Crippen LogP contribution is 2.18. The van der Waals surface area contributed by atoms with Crippen LogP contribution in [0.3, 0.4) is 0 Å². The molecule has 2 N–H and O–H groups in total. The number of Topliss-reactive ketones (excluding diaryl/α,β-unsaturated/α-hetero) is 1. The molecule has 1 amide bonds. The number of ketones is 1. The molecule has 0 aliphatic heterocycles. The average molecular weight is 247 g/mol. The van der Waals surface area contributed by atoms with Crippen molar-refractivity contribution in [2.45, 2.75) is 6.92 Å². The number of hydrogen-bond donors (Lipinski definition) is 1. The van der Waals surface area contributed by atoms with E-state index in [0.717, 1.165) is 0 Å². The molecule has 0 radical (unpaired) electrons. The zero-order chi connectivity index (χ0) is 13.3. The van der Waals surface area contributed by atoms with Crippen LogP contribution in [0.4, 0.5) is 4.39 Å². The summed E-state index contributed by atoms with van der Waals surface area (Å²) in [5.41, 5.74) is 5.49. The van der Waals surface area contributed by atoms with Gasteiger partial charge in [0.15, 0.2) is 5.78 Å². The molecule has 0 aliphatic rings. The van der Waals surface area contributed by atoms with Gasteiger partial charge in [0.05, 0.1) is 23.0 Å². The van der Waals surface area contributed by atoms with Crippen LogP contribution in [0.1, 0.15) is 27.6 Å². The van der Waals surface area contributed by atoms with Gasteiger partial charge in [0.25, 0.3) is 5.91 Å². The van der Waals surface area contributed by atoms with Gasteiger partial charge < -0.3 is 5.73 Å². The first kappa shape index (κ1) is 12.0. The molecule has 0 saturated carbocycles. The summed E-state index contributed by atoms with van der Waals surface area (Å²) < 4.78 is 14.8. The number of amides is 1. The van der Waals surface area contributed by atoms with Crippen molar-refractivity contribution in [1.29, 1.82) is 0 Å². The predicted molar refractivity (Wildman–Crippen MR) is 62.0 cm³/mol. The number of aromatic nitrogens is 2. The number of halogens is 1. The van der Waals surface area contributed by atoms with Crippen molar-refractivity contribution in [1.82, 2.24) is 9.78 Å². The van der Waals surface area contributed by atoms with Crippen LogP contribution in [0, 0.1) is 5.82 Å². The molecule has 5 nitrogen and oxygen atoms in total. The van der Waals surface area contributed by atoms with Gasteiger partial charge in [-0.05, 0) is 19.1 Å². The van der Waals surface area contributed by atoms with E-state index in [0.29, 0.717) is 0 Å². The van der Waals surface area contributed by atoms with Crippen molar-refractivity contribution in [3.05, 3.63) is 47.5 Å². The number of nitrogens with two attached hydrogens (primary N) is 1. The quantitative estimate of drug-likeness (QED) is 0.830. The molecule has 1 aromatic carbocycles. The molecule has 92 valence electrons. The molecule has 0 unspecified atom stereocenters. The van der Waals surface area contributed by atoms with Crippen molar-refractivity contribution >= 4 is 11.7 Å². The molecule has 1 heterocycles. The van der Waals surface area contributed by atoms with E-state index in [4.69, 9.17) is 5.73 Å². The monoisotopic (exact) mass is 247 g/mol. The Labute approximate surface area is 102 Å². The second-order valence-corrected chi connectivity index (χ2v) is 3.73. The molecular formula is C12H10FN3O2. The van der Waals surface area contributed by atoms with Gasteiger partial charge in [0.1, 0.15) is 5.82 Å². The van der Waals surface area contributed by atoms with Crippen LogP contribution in [0.15, 0.2) is 30.6 Å². The topological polar surface area (TPSA) is 78.0 Å². The number of rotatable bonds is 3. The Morgan fingerprint density at radius 3 is 2.67 bits per heavy atom. The van der Waals surface area contributed by atoms with Gasteiger partial charge in [-0.3, -0.25) is 9.59 Å². The first-order valence-corrected chi connectivity index (χ1v) is 5.15. The van der Waals surface area contributed by atoms with E-state index in [-0.39, 0.29) is 16.8 Å². The lowest BCUT2D eigenvalue weighted by Crippen LogP contribution is -2.10. The van der Waals surface area contributed by atoms with Crippen molar-refractivity contribution in [2.24, 2.45) is 5.73 Å². The minimum absolute atomic E-state index is 0.0726. The van der Waals surface area contributed by atoms with Gasteiger partial charge in [0.2, 0.25) is 0 Å². The molecule has 1 aromatic heterocycles. The lowest BCUT2D eigenvalue weighted by atomic mass is 10.1. The number of primary amides is 1. The van der Waals surface area contributed by atoms with Crippen molar-refractivity contribution < 1.29 is 14.0 Å². The van der Waals surface area contributed by atoms with E-state index in [9.17, 15) is 14.0 Å². The Kier molecular flexibility index (Phi) is 2.93. The minimum Gasteiger partial charge on any atom is -0.366 e. The molecule has 0 fully saturated rings. The van der Waals surface area contributed by atoms with Crippen LogP contribution in [-0.4, -0.2) is 21.5 Å². The Bertz CT molecular complexity index is 634. The zero-order valence-electron chi connectivity index (χ0n) is 9.55. The van der Waals surface area contributed by atoms with E-state index >= 15 is 0 Å². The van der Waals surface area contributed by atoms with Crippen LogP contribution in [0.2, 0.25) is 0 Å². The molecule has 18 heavy (non-hydrogen) atoms. The summed E-state index contributed by atoms with van der Waals surface area (Å²) in [5.74, 6) is -1.68. The van der Waals surface area contributed by atoms with Gasteiger partial charge in [-0.25, -0.2) is 9.07 Å². The summed E-state index contributed by atoms with van der Waals surface area (Å²) in [6.45, 7) is 1.26. The molecular weight excluding hydrogens is 237 g/mol. The number of carbonyl (C=O) groups excluding carboxylic acids is 2. The maximum absolute atomic E-state index is 13.6. The number of hydrogen-bond acceptors (Lipinski definition) is 3. The Balaban J connectivity index is 2.59. The third-order valence-electron chi connectivity index (χ3n) is 2.46. The third kappa shape index (κ3) is 2.00. The molecule has 0 atom stereocenters. The van der Waals surface area contributed by atoms with Crippen LogP contribution in [0.25, 0.3) is 5.69 Å². The van der Waals surface area contributed by atoms with Crippen LogP contribution >= 0.6 is 0 Å². The molecule has 0 saturated heterocycles. The summed E-state index contributed by atoms with van der Waals surface area (Å²) in [6.07, 6.45) is 2.61. The minimum atomic E-state index is -0.637. The van der Waals surface area contributed by atoms with E-state index in [1.165, 1.54) is 42.2 Å². The second-order valence-electron chi connectivity index (χ2n) is 3.73. The predicted octanol–water partition coefficient (Wildman–Crippen LogP) is 1.31. The normalized spacial score (nSPS) is 10.3. The lowest BCUT2D eigenvalue weighted by molar-refractivity contribution is 0.0995. The molecule has 2 aromatic rings. The highest BCUT2D eigenvalue weighted by Gasteiger charge is 2.15. The standard InChI is InChI=1S/C12H10FN3O2/c1-7(17)11-9(13)3-2-4-10(11)16-6-8(5-15-16)12(14)18/h2-6H,1H3,(H2,14,18). The Morgan fingerprint density at radius 2 is 2.11 bits per heavy atom. The van der Waals surface area contributed by atoms with Crippen molar-refractivity contribution in [2.75, 3.05) is 0 Å². The number of carbonyl (C=O) groups is 2. The summed E-state index contributed by atoms with van der Waals surface area (Å²) in [6, 6.07) is 4.19. The Morgan fingerprint density at radius 1 is 1.39 bits per heavy atom. The maximum atomic E-state index is 13.6. The zero-order valence-corrected chi connectivity index (χ0v) is 9.55. The highest BCUT2D eigenvalue weighted by molar-refractivity contribution is 5.98. The van der Waals surface area contributed by atoms with E-state index < -0.39 is 17.5 Å². The van der Waals surface area contributed by atoms with E-state index in [1.807, 2.05) is 0 Å². The Hall–Kier alpha value is -2.50. The van der Waals surface area contributed by atoms with Crippen LogP contribution in [-0.2, 0) is 0 Å². The third-order valence-corrected chi connectivity index (χ3v) is 2.46. The highest BCUT2D eigenvalue weighted by atomic mass is 19.1. The summed E-state index contributed by atoms with van der Waals surface area (Å²) in [7, 11) is 0. The van der Waals surface area contributed by atoms with Crippen LogP contribution < -0.4 is 5.73 Å². The van der Waals surface area contributed by atoms with E-state index in [1.54, 1.807) is 0 Å². The molecule has 2 rings (SSSR count). The second kappa shape index (κ2) is 4.40. The smallest absolute Gasteiger partial charge is 0.251 e. The van der Waals surface area contributed by atoms with Gasteiger partial charge >= 0.3 is 0 Å². The van der Waals surface area contributed by atoms with E-state index in [2.05, 4.69) is 5.10 Å². The van der Waals surface area contributed by atoms with Gasteiger partial charge in [-0.2, -0.15) is 5.10 Å². The lowest BCUT2D eigenvalue weighted by Gasteiger charge is -2.07.